The third-order valence-electron chi connectivity index (χ3n) is 8.77. The van der Waals surface area contributed by atoms with Crippen LogP contribution in [0.15, 0.2) is 29.2 Å². The molecule has 3 aliphatic carbocycles. The van der Waals surface area contributed by atoms with E-state index in [0.29, 0.717) is 62.7 Å². The van der Waals surface area contributed by atoms with Crippen molar-refractivity contribution in [2.45, 2.75) is 56.3 Å². The van der Waals surface area contributed by atoms with E-state index in [1.54, 1.807) is 12.1 Å². The molecule has 2 N–H and O–H groups in total. The Balaban J connectivity index is 1.26. The zero-order valence-electron chi connectivity index (χ0n) is 20.1. The number of benzene rings is 1. The normalized spacial score (nSPS) is 28.3. The van der Waals surface area contributed by atoms with E-state index >= 15 is 0 Å². The zero-order valence-corrected chi connectivity index (χ0v) is 20.9. The molecule has 1 saturated heterocycles. The lowest BCUT2D eigenvalue weighted by atomic mass is 9.57. The van der Waals surface area contributed by atoms with Gasteiger partial charge in [0.25, 0.3) is 0 Å². The first-order valence-corrected chi connectivity index (χ1v) is 14.5. The molecule has 4 aliphatic rings. The van der Waals surface area contributed by atoms with Gasteiger partial charge >= 0.3 is 0 Å². The highest BCUT2D eigenvalue weighted by molar-refractivity contribution is 7.91. The van der Waals surface area contributed by atoms with E-state index in [1.165, 1.54) is 0 Å². The molecule has 188 valence electrons. The fraction of sp³-hybridized carbons (Fsp3) is 0.654. The van der Waals surface area contributed by atoms with Gasteiger partial charge < -0.3 is 15.5 Å². The number of primary amides is 1. The fourth-order valence-corrected chi connectivity index (χ4v) is 8.05. The van der Waals surface area contributed by atoms with E-state index in [4.69, 9.17) is 5.73 Å². The summed E-state index contributed by atoms with van der Waals surface area (Å²) in [7, 11) is -3.24. The number of hydrogen-bond donors (Lipinski definition) is 1. The highest BCUT2D eigenvalue weighted by Gasteiger charge is 2.68. The van der Waals surface area contributed by atoms with Gasteiger partial charge in [0.05, 0.1) is 33.5 Å². The van der Waals surface area contributed by atoms with Gasteiger partial charge in [-0.25, -0.2) is 8.42 Å². The van der Waals surface area contributed by atoms with Crippen molar-refractivity contribution in [1.29, 1.82) is 5.26 Å². The minimum atomic E-state index is -3.24. The predicted molar refractivity (Wildman–Crippen MR) is 131 cm³/mol. The van der Waals surface area contributed by atoms with Crippen LogP contribution in [-0.2, 0) is 19.4 Å². The Morgan fingerprint density at radius 1 is 1.00 bits per heavy atom. The molecule has 35 heavy (non-hydrogen) atoms. The van der Waals surface area contributed by atoms with Crippen LogP contribution in [0.5, 0.6) is 0 Å². The van der Waals surface area contributed by atoms with E-state index in [2.05, 4.69) is 11.0 Å². The van der Waals surface area contributed by atoms with Crippen LogP contribution < -0.4 is 10.6 Å². The van der Waals surface area contributed by atoms with E-state index in [9.17, 15) is 23.3 Å². The van der Waals surface area contributed by atoms with Crippen molar-refractivity contribution < 1.29 is 18.0 Å². The molecular weight excluding hydrogens is 464 g/mol. The molecule has 0 bridgehead atoms. The Bertz CT molecular complexity index is 1140. The molecule has 9 heteroatoms. The number of nitriles is 1. The van der Waals surface area contributed by atoms with Crippen LogP contribution in [0.1, 0.15) is 51.4 Å². The third kappa shape index (κ3) is 4.20. The van der Waals surface area contributed by atoms with Gasteiger partial charge in [0.1, 0.15) is 0 Å². The van der Waals surface area contributed by atoms with E-state index in [1.807, 2.05) is 17.0 Å². The van der Waals surface area contributed by atoms with Crippen LogP contribution in [0, 0.1) is 34.0 Å². The summed E-state index contributed by atoms with van der Waals surface area (Å²) in [5.74, 6) is -0.533. The quantitative estimate of drug-likeness (QED) is 0.616. The largest absolute Gasteiger partial charge is 0.369 e. The van der Waals surface area contributed by atoms with Gasteiger partial charge in [-0.15, -0.1) is 0 Å². The molecule has 0 radical (unpaired) electrons. The van der Waals surface area contributed by atoms with Crippen LogP contribution in [0.2, 0.25) is 0 Å². The van der Waals surface area contributed by atoms with Crippen LogP contribution in [0.4, 0.5) is 5.69 Å². The molecule has 3 saturated carbocycles. The summed E-state index contributed by atoms with van der Waals surface area (Å²) in [4.78, 5) is 30.8. The molecule has 2 unspecified atom stereocenters. The first-order chi connectivity index (χ1) is 16.7. The zero-order chi connectivity index (χ0) is 24.8. The Morgan fingerprint density at radius 2 is 1.66 bits per heavy atom. The number of carbonyl (C=O) groups excluding carboxylic acids is 2. The lowest BCUT2D eigenvalue weighted by Crippen LogP contribution is -2.58. The van der Waals surface area contributed by atoms with Crippen molar-refractivity contribution in [2.24, 2.45) is 28.4 Å². The number of sulfone groups is 1. The lowest BCUT2D eigenvalue weighted by Gasteiger charge is -2.47. The highest BCUT2D eigenvalue weighted by atomic mass is 32.2. The maximum Gasteiger partial charge on any atom is 0.226 e. The molecule has 1 aromatic carbocycles. The summed E-state index contributed by atoms with van der Waals surface area (Å²) in [6.45, 7) is 2.29. The Kier molecular flexibility index (Phi) is 6.07. The molecule has 0 aromatic heterocycles. The molecule has 4 fully saturated rings. The van der Waals surface area contributed by atoms with E-state index < -0.39 is 32.5 Å². The maximum absolute atomic E-state index is 13.7. The number of nitrogens with two attached hydrogens (primary N) is 1. The number of amides is 2. The Morgan fingerprint density at radius 3 is 2.20 bits per heavy atom. The molecule has 1 aliphatic heterocycles. The molecular formula is C26H34N4O4S. The van der Waals surface area contributed by atoms with Crippen molar-refractivity contribution in [3.05, 3.63) is 24.3 Å². The third-order valence-corrected chi connectivity index (χ3v) is 10.7. The second kappa shape index (κ2) is 8.81. The van der Waals surface area contributed by atoms with Crippen molar-refractivity contribution in [3.63, 3.8) is 0 Å². The van der Waals surface area contributed by atoms with Gasteiger partial charge in [0.2, 0.25) is 11.8 Å². The number of piperazine rings is 1. The lowest BCUT2D eigenvalue weighted by molar-refractivity contribution is -0.154. The first-order valence-electron chi connectivity index (χ1n) is 12.8. The molecule has 1 heterocycles. The number of carbonyl (C=O) groups is 2. The summed E-state index contributed by atoms with van der Waals surface area (Å²) >= 11 is 0. The van der Waals surface area contributed by atoms with Gasteiger partial charge in [-0.2, -0.15) is 5.26 Å². The summed E-state index contributed by atoms with van der Waals surface area (Å²) in [6.07, 6.45) is 6.06. The van der Waals surface area contributed by atoms with Crippen LogP contribution in [0.3, 0.4) is 0 Å². The topological polar surface area (TPSA) is 125 Å². The van der Waals surface area contributed by atoms with Crippen molar-refractivity contribution in [1.82, 2.24) is 4.90 Å². The molecule has 0 spiro atoms. The van der Waals surface area contributed by atoms with Crippen LogP contribution in [0.25, 0.3) is 0 Å². The van der Waals surface area contributed by atoms with Crippen molar-refractivity contribution in [2.75, 3.05) is 36.8 Å². The van der Waals surface area contributed by atoms with E-state index in [0.717, 1.165) is 31.4 Å². The maximum atomic E-state index is 13.7. The van der Waals surface area contributed by atoms with Crippen LogP contribution in [-0.4, -0.2) is 57.1 Å². The van der Waals surface area contributed by atoms with E-state index in [-0.39, 0.29) is 11.7 Å². The second-order valence-electron chi connectivity index (χ2n) is 10.9. The summed E-state index contributed by atoms with van der Waals surface area (Å²) < 4.78 is 25.0. The molecule has 8 nitrogen and oxygen atoms in total. The Hall–Kier alpha value is -2.60. The number of anilines is 1. The first kappa shape index (κ1) is 24.1. The molecule has 2 atom stereocenters. The molecule has 5 rings (SSSR count). The van der Waals surface area contributed by atoms with Crippen molar-refractivity contribution in [3.8, 4) is 6.07 Å². The van der Waals surface area contributed by atoms with Gasteiger partial charge in [-0.1, -0.05) is 12.8 Å². The standard InChI is InChI=1S/C26H34N4O4S/c27-18-25(11-12-25)26(24(28)32)10-2-1-3-22(26)23(31)30-15-13-29(14-16-30)20-6-8-21(9-7-20)35(33,34)17-19-4-5-19/h6-9,19,22H,1-5,10-17H2,(H2,28,32). The Labute approximate surface area is 207 Å². The summed E-state index contributed by atoms with van der Waals surface area (Å²) in [5.41, 5.74) is 5.01. The average molecular weight is 499 g/mol. The van der Waals surface area contributed by atoms with Crippen LogP contribution >= 0.6 is 0 Å². The van der Waals surface area contributed by atoms with Gasteiger partial charge in [-0.05, 0) is 68.7 Å². The SMILES string of the molecule is N#CC1(C2(C(N)=O)CCCCC2C(=O)N2CCN(c3ccc(S(=O)(=O)CC4CC4)cc3)CC2)CC1. The van der Waals surface area contributed by atoms with Gasteiger partial charge in [0, 0.05) is 31.9 Å². The summed E-state index contributed by atoms with van der Waals surface area (Å²) in [5, 5.41) is 9.88. The predicted octanol–water partition coefficient (Wildman–Crippen LogP) is 2.48. The fourth-order valence-electron chi connectivity index (χ4n) is 6.35. The average Bonchev–Trinajstić information content (AvgIpc) is 3.80. The molecule has 1 aromatic rings. The minimum absolute atomic E-state index is 0.0498. The highest BCUT2D eigenvalue weighted by Crippen LogP contribution is 2.65. The number of nitrogens with zero attached hydrogens (tertiary/aromatic N) is 3. The van der Waals surface area contributed by atoms with Crippen molar-refractivity contribution >= 4 is 27.3 Å². The number of hydrogen-bond acceptors (Lipinski definition) is 6. The molecule has 2 amide bonds. The second-order valence-corrected chi connectivity index (χ2v) is 12.9. The monoisotopic (exact) mass is 498 g/mol. The number of rotatable bonds is 7. The smallest absolute Gasteiger partial charge is 0.226 e. The van der Waals surface area contributed by atoms with Gasteiger partial charge in [-0.3, -0.25) is 9.59 Å². The summed E-state index contributed by atoms with van der Waals surface area (Å²) in [6, 6.07) is 9.43. The van der Waals surface area contributed by atoms with Gasteiger partial charge in [0.15, 0.2) is 9.84 Å². The minimum Gasteiger partial charge on any atom is -0.369 e.